The fourth-order valence-corrected chi connectivity index (χ4v) is 3.35. The van der Waals surface area contributed by atoms with Crippen LogP contribution in [-0.4, -0.2) is 28.1 Å². The Hall–Kier alpha value is -5.05. The van der Waals surface area contributed by atoms with Crippen molar-refractivity contribution >= 4 is 40.1 Å². The van der Waals surface area contributed by atoms with Crippen molar-refractivity contribution in [2.24, 2.45) is 0 Å². The molecule has 34 heavy (non-hydrogen) atoms. The minimum Gasteiger partial charge on any atom is -0.504 e. The topological polar surface area (TPSA) is 162 Å². The number of carbonyl (C=O) groups excluding carboxylic acids is 2. The third-order valence-corrected chi connectivity index (χ3v) is 5.03. The molecular formula is C25H18N2O7. The standard InChI is InChI=1S/C25H18N2O7/c26-19-7-3-1-5-16(19)24(31)33-14-9-10-15-13(11-14)12-18(23(29)30)21(28)22(15)34-25(32)17-6-2-4-8-20(17)27/h1-12,28H,26-27H2,(H,29,30). The van der Waals surface area contributed by atoms with Crippen molar-refractivity contribution in [1.29, 1.82) is 0 Å². The van der Waals surface area contributed by atoms with Gasteiger partial charge in [0.25, 0.3) is 0 Å². The molecule has 0 heterocycles. The smallest absolute Gasteiger partial charge is 0.345 e. The van der Waals surface area contributed by atoms with E-state index in [4.69, 9.17) is 20.9 Å². The molecule has 0 fully saturated rings. The highest BCUT2D eigenvalue weighted by Gasteiger charge is 2.23. The van der Waals surface area contributed by atoms with Crippen LogP contribution in [0.2, 0.25) is 0 Å². The van der Waals surface area contributed by atoms with Crippen molar-refractivity contribution in [3.05, 3.63) is 89.5 Å². The Labute approximate surface area is 192 Å². The van der Waals surface area contributed by atoms with Crippen LogP contribution in [0.1, 0.15) is 31.1 Å². The van der Waals surface area contributed by atoms with Gasteiger partial charge in [0, 0.05) is 16.8 Å². The number of carboxylic acid groups (broad SMARTS) is 1. The number of nitrogen functional groups attached to an aromatic ring is 2. The number of carbonyl (C=O) groups is 3. The first kappa shape index (κ1) is 22.2. The Balaban J connectivity index is 1.75. The largest absolute Gasteiger partial charge is 0.504 e. The molecule has 0 amide bonds. The van der Waals surface area contributed by atoms with Crippen LogP contribution < -0.4 is 20.9 Å². The predicted molar refractivity (Wildman–Crippen MR) is 124 cm³/mol. The molecule has 0 radical (unpaired) electrons. The first-order valence-electron chi connectivity index (χ1n) is 9.92. The van der Waals surface area contributed by atoms with Crippen LogP contribution in [0.3, 0.4) is 0 Å². The van der Waals surface area contributed by atoms with E-state index >= 15 is 0 Å². The maximum atomic E-state index is 12.7. The van der Waals surface area contributed by atoms with E-state index in [2.05, 4.69) is 0 Å². The predicted octanol–water partition coefficient (Wildman–Crippen LogP) is 3.85. The second-order valence-corrected chi connectivity index (χ2v) is 7.24. The number of aromatic carboxylic acids is 1. The first-order chi connectivity index (χ1) is 16.3. The Kier molecular flexibility index (Phi) is 5.75. The van der Waals surface area contributed by atoms with Crippen LogP contribution in [0.5, 0.6) is 17.2 Å². The second kappa shape index (κ2) is 8.83. The molecule has 0 spiro atoms. The monoisotopic (exact) mass is 458 g/mol. The Bertz CT molecular complexity index is 1460. The average molecular weight is 458 g/mol. The number of para-hydroxylation sites is 2. The lowest BCUT2D eigenvalue weighted by molar-refractivity contribution is 0.0681. The fourth-order valence-electron chi connectivity index (χ4n) is 3.35. The van der Waals surface area contributed by atoms with Gasteiger partial charge in [-0.25, -0.2) is 14.4 Å². The van der Waals surface area contributed by atoms with Gasteiger partial charge >= 0.3 is 17.9 Å². The molecule has 4 rings (SSSR count). The van der Waals surface area contributed by atoms with Gasteiger partial charge < -0.3 is 31.2 Å². The Morgan fingerprint density at radius 2 is 1.26 bits per heavy atom. The minimum atomic E-state index is -1.45. The van der Waals surface area contributed by atoms with E-state index in [9.17, 15) is 24.6 Å². The summed E-state index contributed by atoms with van der Waals surface area (Å²) in [7, 11) is 0. The highest BCUT2D eigenvalue weighted by molar-refractivity contribution is 6.05. The molecule has 6 N–H and O–H groups in total. The third-order valence-electron chi connectivity index (χ3n) is 5.03. The number of nitrogens with two attached hydrogens (primary N) is 2. The van der Waals surface area contributed by atoms with Crippen LogP contribution in [0, 0.1) is 0 Å². The number of phenols is 1. The normalized spacial score (nSPS) is 10.6. The van der Waals surface area contributed by atoms with Gasteiger partial charge in [0.15, 0.2) is 11.5 Å². The zero-order chi connectivity index (χ0) is 24.4. The second-order valence-electron chi connectivity index (χ2n) is 7.24. The number of aromatic hydroxyl groups is 1. The van der Waals surface area contributed by atoms with Gasteiger partial charge in [-0.2, -0.15) is 0 Å². The number of rotatable bonds is 5. The number of esters is 2. The molecule has 9 heteroatoms. The first-order valence-corrected chi connectivity index (χ1v) is 9.92. The molecule has 0 saturated heterocycles. The van der Waals surface area contributed by atoms with Gasteiger partial charge in [0.05, 0.1) is 11.1 Å². The van der Waals surface area contributed by atoms with Crippen LogP contribution in [0.25, 0.3) is 10.8 Å². The molecule has 4 aromatic rings. The molecule has 0 aromatic heterocycles. The summed E-state index contributed by atoms with van der Waals surface area (Å²) >= 11 is 0. The molecule has 0 atom stereocenters. The summed E-state index contributed by atoms with van der Waals surface area (Å²) in [5.74, 6) is -4.05. The quantitative estimate of drug-likeness (QED) is 0.198. The van der Waals surface area contributed by atoms with E-state index in [1.807, 2.05) is 0 Å². The minimum absolute atomic E-state index is 0.0433. The van der Waals surface area contributed by atoms with E-state index in [0.717, 1.165) is 0 Å². The molecular weight excluding hydrogens is 440 g/mol. The van der Waals surface area contributed by atoms with Crippen LogP contribution in [0.15, 0.2) is 72.8 Å². The zero-order valence-corrected chi connectivity index (χ0v) is 17.5. The van der Waals surface area contributed by atoms with Crippen LogP contribution >= 0.6 is 0 Å². The molecule has 0 aliphatic carbocycles. The van der Waals surface area contributed by atoms with Crippen molar-refractivity contribution in [2.45, 2.75) is 0 Å². The summed E-state index contributed by atoms with van der Waals surface area (Å²) in [6, 6.07) is 17.9. The van der Waals surface area contributed by atoms with Crippen molar-refractivity contribution in [3.63, 3.8) is 0 Å². The molecule has 0 bridgehead atoms. The van der Waals surface area contributed by atoms with Gasteiger partial charge in [0.1, 0.15) is 11.3 Å². The number of benzene rings is 4. The lowest BCUT2D eigenvalue weighted by Crippen LogP contribution is -2.12. The van der Waals surface area contributed by atoms with E-state index in [1.54, 1.807) is 30.3 Å². The van der Waals surface area contributed by atoms with Crippen molar-refractivity contribution in [2.75, 3.05) is 11.5 Å². The summed E-state index contributed by atoms with van der Waals surface area (Å²) in [6.07, 6.45) is 0. The molecule has 0 aliphatic rings. The van der Waals surface area contributed by atoms with E-state index in [1.165, 1.54) is 42.5 Å². The maximum absolute atomic E-state index is 12.7. The number of ether oxygens (including phenoxy) is 2. The van der Waals surface area contributed by atoms with Crippen LogP contribution in [0.4, 0.5) is 11.4 Å². The van der Waals surface area contributed by atoms with Crippen molar-refractivity contribution in [3.8, 4) is 17.2 Å². The van der Waals surface area contributed by atoms with E-state index in [-0.39, 0.29) is 44.8 Å². The van der Waals surface area contributed by atoms with E-state index in [0.29, 0.717) is 0 Å². The fraction of sp³-hybridized carbons (Fsp3) is 0. The molecule has 0 unspecified atom stereocenters. The summed E-state index contributed by atoms with van der Waals surface area (Å²) in [5, 5.41) is 20.5. The molecule has 9 nitrogen and oxygen atoms in total. The van der Waals surface area contributed by atoms with E-state index < -0.39 is 29.2 Å². The van der Waals surface area contributed by atoms with Gasteiger partial charge in [-0.05, 0) is 53.9 Å². The van der Waals surface area contributed by atoms with Crippen molar-refractivity contribution < 1.29 is 34.1 Å². The highest BCUT2D eigenvalue weighted by Crippen LogP contribution is 2.40. The Morgan fingerprint density at radius 1 is 0.706 bits per heavy atom. The van der Waals surface area contributed by atoms with Crippen molar-refractivity contribution in [1.82, 2.24) is 0 Å². The lowest BCUT2D eigenvalue weighted by atomic mass is 10.0. The van der Waals surface area contributed by atoms with Gasteiger partial charge in [-0.1, -0.05) is 24.3 Å². The average Bonchev–Trinajstić information content (AvgIpc) is 2.81. The number of fused-ring (bicyclic) bond motifs is 1. The summed E-state index contributed by atoms with van der Waals surface area (Å²) in [4.78, 5) is 36.8. The summed E-state index contributed by atoms with van der Waals surface area (Å²) < 4.78 is 10.7. The maximum Gasteiger partial charge on any atom is 0.345 e. The molecule has 170 valence electrons. The molecule has 0 aliphatic heterocycles. The third kappa shape index (κ3) is 4.17. The number of anilines is 2. The zero-order valence-electron chi connectivity index (χ0n) is 17.5. The SMILES string of the molecule is Nc1ccccc1C(=O)Oc1ccc2c(OC(=O)c3ccccc3N)c(O)c(C(=O)O)cc2c1. The lowest BCUT2D eigenvalue weighted by Gasteiger charge is -2.14. The summed E-state index contributed by atoms with van der Waals surface area (Å²) in [5.41, 5.74) is 11.7. The van der Waals surface area contributed by atoms with Crippen LogP contribution in [-0.2, 0) is 0 Å². The number of carboxylic acids is 1. The number of hydrogen-bond acceptors (Lipinski definition) is 8. The van der Waals surface area contributed by atoms with Gasteiger partial charge in [0.2, 0.25) is 0 Å². The molecule has 0 saturated carbocycles. The number of hydrogen-bond donors (Lipinski definition) is 4. The van der Waals surface area contributed by atoms with Gasteiger partial charge in [-0.3, -0.25) is 0 Å². The molecule has 4 aromatic carbocycles. The Morgan fingerprint density at radius 3 is 1.82 bits per heavy atom. The summed E-state index contributed by atoms with van der Waals surface area (Å²) in [6.45, 7) is 0. The highest BCUT2D eigenvalue weighted by atomic mass is 16.5. The van der Waals surface area contributed by atoms with Gasteiger partial charge in [-0.15, -0.1) is 0 Å².